The lowest BCUT2D eigenvalue weighted by molar-refractivity contribution is 0.593. The molecule has 0 rings (SSSR count). The molecule has 0 heterocycles. The van der Waals surface area contributed by atoms with Gasteiger partial charge in [0.2, 0.25) is 0 Å². The van der Waals surface area contributed by atoms with Gasteiger partial charge in [-0.3, -0.25) is 5.41 Å². The van der Waals surface area contributed by atoms with E-state index in [2.05, 4.69) is 12.2 Å². The lowest BCUT2D eigenvalue weighted by Crippen LogP contribution is -2.15. The van der Waals surface area contributed by atoms with Gasteiger partial charge in [0.05, 0.1) is 5.84 Å². The van der Waals surface area contributed by atoms with E-state index in [0.717, 1.165) is 6.42 Å². The number of nitrogens with one attached hydrogen (secondary N) is 2. The third kappa shape index (κ3) is 9.38. The van der Waals surface area contributed by atoms with E-state index < -0.39 is 0 Å². The second-order valence-electron chi connectivity index (χ2n) is 3.60. The Bertz CT molecular complexity index is 121. The number of unbranched alkanes of at least 4 members (excludes halogenated alkanes) is 6. The van der Waals surface area contributed by atoms with E-state index in [9.17, 15) is 0 Å². The van der Waals surface area contributed by atoms with Crippen LogP contribution in [0, 0.1) is 5.41 Å². The van der Waals surface area contributed by atoms with E-state index in [1.54, 1.807) is 0 Å². The standard InChI is InChI=1S/C11H24N2/c1-3-4-5-6-7-8-9-10-11(12)13-2/h3-10H2,1-2H3,(H2,12,13). The monoisotopic (exact) mass is 184 g/mol. The first-order valence-electron chi connectivity index (χ1n) is 5.56. The summed E-state index contributed by atoms with van der Waals surface area (Å²) in [6.07, 6.45) is 10.2. The van der Waals surface area contributed by atoms with Crippen molar-refractivity contribution in [1.29, 1.82) is 5.41 Å². The predicted molar refractivity (Wildman–Crippen MR) is 59.4 cm³/mol. The third-order valence-corrected chi connectivity index (χ3v) is 2.33. The van der Waals surface area contributed by atoms with Crippen molar-refractivity contribution in [3.05, 3.63) is 0 Å². The molecule has 2 N–H and O–H groups in total. The average molecular weight is 184 g/mol. The molecule has 0 saturated carbocycles. The highest BCUT2D eigenvalue weighted by molar-refractivity contribution is 5.78. The van der Waals surface area contributed by atoms with Crippen LogP contribution in [0.5, 0.6) is 0 Å². The maximum Gasteiger partial charge on any atom is 0.0928 e. The molecule has 13 heavy (non-hydrogen) atoms. The molecule has 0 radical (unpaired) electrons. The van der Waals surface area contributed by atoms with Gasteiger partial charge in [-0.25, -0.2) is 0 Å². The summed E-state index contributed by atoms with van der Waals surface area (Å²) in [6.45, 7) is 2.24. The highest BCUT2D eigenvalue weighted by Gasteiger charge is 1.93. The molecule has 78 valence electrons. The van der Waals surface area contributed by atoms with E-state index in [0.29, 0.717) is 5.84 Å². The van der Waals surface area contributed by atoms with Crippen LogP contribution < -0.4 is 5.32 Å². The van der Waals surface area contributed by atoms with Crippen molar-refractivity contribution in [2.75, 3.05) is 7.05 Å². The van der Waals surface area contributed by atoms with Gasteiger partial charge in [0.1, 0.15) is 0 Å². The lowest BCUT2D eigenvalue weighted by Gasteiger charge is -2.02. The first-order chi connectivity index (χ1) is 6.31. The highest BCUT2D eigenvalue weighted by atomic mass is 14.9. The van der Waals surface area contributed by atoms with Crippen molar-refractivity contribution < 1.29 is 0 Å². The average Bonchev–Trinajstić information content (AvgIpc) is 2.16. The minimum absolute atomic E-state index is 0.675. The third-order valence-electron chi connectivity index (χ3n) is 2.33. The maximum absolute atomic E-state index is 7.37. The summed E-state index contributed by atoms with van der Waals surface area (Å²) in [4.78, 5) is 0. The van der Waals surface area contributed by atoms with Crippen LogP contribution in [0.15, 0.2) is 0 Å². The minimum atomic E-state index is 0.675. The van der Waals surface area contributed by atoms with Crippen LogP contribution >= 0.6 is 0 Å². The molecule has 0 aliphatic rings. The molecule has 2 heteroatoms. The Hall–Kier alpha value is -0.530. The fourth-order valence-corrected chi connectivity index (χ4v) is 1.38. The van der Waals surface area contributed by atoms with Crippen LogP contribution in [0.2, 0.25) is 0 Å². The fraction of sp³-hybridized carbons (Fsp3) is 0.909. The van der Waals surface area contributed by atoms with Gasteiger partial charge in [0, 0.05) is 13.5 Å². The molecule has 0 fully saturated rings. The number of hydrogen-bond acceptors (Lipinski definition) is 1. The summed E-state index contributed by atoms with van der Waals surface area (Å²) < 4.78 is 0. The summed E-state index contributed by atoms with van der Waals surface area (Å²) in [7, 11) is 1.82. The van der Waals surface area contributed by atoms with Crippen molar-refractivity contribution in [1.82, 2.24) is 5.32 Å². The van der Waals surface area contributed by atoms with E-state index in [1.807, 2.05) is 7.05 Å². The Labute approximate surface area is 82.6 Å². The molecule has 0 bridgehead atoms. The van der Waals surface area contributed by atoms with Crippen LogP contribution in [0.3, 0.4) is 0 Å². The predicted octanol–water partition coefficient (Wildman–Crippen LogP) is 3.32. The van der Waals surface area contributed by atoms with Crippen LogP contribution in [-0.4, -0.2) is 12.9 Å². The van der Waals surface area contributed by atoms with Crippen LogP contribution in [0.1, 0.15) is 58.3 Å². The van der Waals surface area contributed by atoms with Gasteiger partial charge in [-0.05, 0) is 6.42 Å². The maximum atomic E-state index is 7.37. The van der Waals surface area contributed by atoms with Gasteiger partial charge < -0.3 is 5.32 Å². The Morgan fingerprint density at radius 2 is 1.54 bits per heavy atom. The van der Waals surface area contributed by atoms with Crippen LogP contribution in [0.25, 0.3) is 0 Å². The normalized spacial score (nSPS) is 10.0. The zero-order valence-corrected chi connectivity index (χ0v) is 9.16. The van der Waals surface area contributed by atoms with E-state index >= 15 is 0 Å². The Morgan fingerprint density at radius 1 is 1.00 bits per heavy atom. The molecule has 0 aromatic rings. The fourth-order valence-electron chi connectivity index (χ4n) is 1.38. The topological polar surface area (TPSA) is 35.9 Å². The molecule has 0 spiro atoms. The molecule has 2 nitrogen and oxygen atoms in total. The minimum Gasteiger partial charge on any atom is -0.377 e. The van der Waals surface area contributed by atoms with E-state index in [1.165, 1.54) is 44.9 Å². The Kier molecular flexibility index (Phi) is 9.17. The molecule has 0 unspecified atom stereocenters. The molecule has 0 aromatic heterocycles. The van der Waals surface area contributed by atoms with Gasteiger partial charge in [-0.15, -0.1) is 0 Å². The summed E-state index contributed by atoms with van der Waals surface area (Å²) >= 11 is 0. The number of amidine groups is 1. The second-order valence-corrected chi connectivity index (χ2v) is 3.60. The molecular formula is C11H24N2. The molecule has 0 aliphatic carbocycles. The first-order valence-corrected chi connectivity index (χ1v) is 5.56. The van der Waals surface area contributed by atoms with Gasteiger partial charge >= 0.3 is 0 Å². The molecular weight excluding hydrogens is 160 g/mol. The largest absolute Gasteiger partial charge is 0.377 e. The Morgan fingerprint density at radius 3 is 2.08 bits per heavy atom. The SMILES string of the molecule is CCCCCCCCCC(=N)NC. The van der Waals surface area contributed by atoms with Crippen molar-refractivity contribution in [3.8, 4) is 0 Å². The van der Waals surface area contributed by atoms with Gasteiger partial charge in [-0.2, -0.15) is 0 Å². The lowest BCUT2D eigenvalue weighted by atomic mass is 10.1. The quantitative estimate of drug-likeness (QED) is 0.339. The number of hydrogen-bond donors (Lipinski definition) is 2. The van der Waals surface area contributed by atoms with Crippen molar-refractivity contribution in [2.45, 2.75) is 58.3 Å². The smallest absolute Gasteiger partial charge is 0.0928 e. The molecule has 0 saturated heterocycles. The van der Waals surface area contributed by atoms with Gasteiger partial charge in [0.15, 0.2) is 0 Å². The second kappa shape index (κ2) is 9.56. The van der Waals surface area contributed by atoms with Crippen molar-refractivity contribution in [3.63, 3.8) is 0 Å². The summed E-state index contributed by atoms with van der Waals surface area (Å²) in [5.74, 6) is 0.675. The first kappa shape index (κ1) is 12.5. The molecule has 0 aromatic carbocycles. The van der Waals surface area contributed by atoms with E-state index in [-0.39, 0.29) is 0 Å². The zero-order chi connectivity index (χ0) is 9.94. The van der Waals surface area contributed by atoms with Gasteiger partial charge in [0.25, 0.3) is 0 Å². The zero-order valence-electron chi connectivity index (χ0n) is 9.16. The van der Waals surface area contributed by atoms with Crippen molar-refractivity contribution >= 4 is 5.84 Å². The molecule has 0 aliphatic heterocycles. The van der Waals surface area contributed by atoms with Gasteiger partial charge in [-0.1, -0.05) is 45.4 Å². The molecule has 0 atom stereocenters. The summed E-state index contributed by atoms with van der Waals surface area (Å²) in [5.41, 5.74) is 0. The molecule has 0 amide bonds. The van der Waals surface area contributed by atoms with Crippen molar-refractivity contribution in [2.24, 2.45) is 0 Å². The number of rotatable bonds is 8. The summed E-state index contributed by atoms with van der Waals surface area (Å²) in [5, 5.41) is 10.2. The highest BCUT2D eigenvalue weighted by Crippen LogP contribution is 2.07. The van der Waals surface area contributed by atoms with Crippen LogP contribution in [-0.2, 0) is 0 Å². The Balaban J connectivity index is 2.95. The van der Waals surface area contributed by atoms with E-state index in [4.69, 9.17) is 5.41 Å². The van der Waals surface area contributed by atoms with Crippen LogP contribution in [0.4, 0.5) is 0 Å². The summed E-state index contributed by atoms with van der Waals surface area (Å²) in [6, 6.07) is 0.